The molecule has 0 unspecified atom stereocenters. The first kappa shape index (κ1) is 14.3. The number of halogens is 1. The van der Waals surface area contributed by atoms with Crippen molar-refractivity contribution in [3.05, 3.63) is 66.2 Å². The maximum absolute atomic E-state index is 5.90. The Bertz CT molecular complexity index is 644. The van der Waals surface area contributed by atoms with Crippen LogP contribution >= 0.6 is 0 Å². The molecule has 0 amide bonds. The van der Waals surface area contributed by atoms with Gasteiger partial charge in [0.2, 0.25) is 0 Å². The third-order valence-electron chi connectivity index (χ3n) is 2.88. The topological polar surface area (TPSA) is 11.3 Å². The fourth-order valence-corrected chi connectivity index (χ4v) is 3.87. The van der Waals surface area contributed by atoms with Gasteiger partial charge in [0.15, 0.2) is 0 Å². The van der Waals surface area contributed by atoms with Crippen molar-refractivity contribution in [3.63, 3.8) is 0 Å². The van der Waals surface area contributed by atoms with E-state index in [1.54, 1.807) is 0 Å². The molecule has 1 heterocycles. The van der Waals surface area contributed by atoms with Crippen molar-refractivity contribution >= 4 is 20.9 Å². The third kappa shape index (κ3) is 3.28. The van der Waals surface area contributed by atoms with E-state index in [1.807, 2.05) is 6.07 Å². The fourth-order valence-electron chi connectivity index (χ4n) is 1.84. The number of hydrogen-bond donors (Lipinski definition) is 0. The summed E-state index contributed by atoms with van der Waals surface area (Å²) in [6.45, 7) is 2.10. The quantitative estimate of drug-likeness (QED) is 0.479. The van der Waals surface area contributed by atoms with Crippen LogP contribution in [0.3, 0.4) is 0 Å². The Morgan fingerprint density at radius 3 is 2.21 bits per heavy atom. The summed E-state index contributed by atoms with van der Waals surface area (Å²) in [5.74, 6) is 1.02. The van der Waals surface area contributed by atoms with Crippen molar-refractivity contribution in [1.29, 1.82) is 0 Å². The van der Waals surface area contributed by atoms with Crippen LogP contribution in [-0.4, -0.2) is 20.9 Å². The van der Waals surface area contributed by atoms with Gasteiger partial charge >= 0.3 is 117 Å². The Morgan fingerprint density at radius 1 is 0.842 bits per heavy atom. The van der Waals surface area contributed by atoms with Crippen LogP contribution in [0.4, 0.5) is 0 Å². The first-order valence-electron chi connectivity index (χ1n) is 5.88. The molecule has 19 heavy (non-hydrogen) atoms. The number of benzene rings is 2. The molecule has 2 aromatic carbocycles. The van der Waals surface area contributed by atoms with Crippen molar-refractivity contribution in [1.82, 2.24) is 0 Å². The van der Waals surface area contributed by atoms with Crippen molar-refractivity contribution in [2.45, 2.75) is 6.92 Å². The molecule has 0 aliphatic heterocycles. The average molecular weight is 384 g/mol. The van der Waals surface area contributed by atoms with Gasteiger partial charge in [-0.05, 0) is 0 Å². The zero-order chi connectivity index (χ0) is 12.4. The molecular weight excluding hydrogens is 371 g/mol. The predicted molar refractivity (Wildman–Crippen MR) is 75.7 cm³/mol. The Labute approximate surface area is 129 Å². The molecule has 0 spiro atoms. The van der Waals surface area contributed by atoms with Crippen LogP contribution in [0.2, 0.25) is 0 Å². The van der Waals surface area contributed by atoms with Crippen LogP contribution < -0.4 is 12.4 Å². The Kier molecular flexibility index (Phi) is 4.82. The van der Waals surface area contributed by atoms with Crippen molar-refractivity contribution < 1.29 is 15.2 Å². The summed E-state index contributed by atoms with van der Waals surface area (Å²) in [6.07, 6.45) is 0. The second kappa shape index (κ2) is 6.39. The molecular formula is C16H13ClOTe. The molecule has 0 aliphatic carbocycles. The number of hydrogen-bond acceptors (Lipinski definition) is 0. The minimum absolute atomic E-state index is 0. The number of aryl methyl sites for hydroxylation is 1. The molecule has 0 N–H and O–H groups in total. The van der Waals surface area contributed by atoms with Crippen LogP contribution in [0.15, 0.2) is 63.4 Å². The van der Waals surface area contributed by atoms with Gasteiger partial charge in [0.1, 0.15) is 0 Å². The summed E-state index contributed by atoms with van der Waals surface area (Å²) in [5, 5.41) is 0. The minimum Gasteiger partial charge on any atom is -1.00 e. The van der Waals surface area contributed by atoms with E-state index in [4.69, 9.17) is 2.76 Å². The SMILES string of the molecule is Cc1ccc(-c2cc(-c3ccccc3)[te][o+]2)cc1.[Cl-]. The molecule has 1 nitrogen and oxygen atoms in total. The van der Waals surface area contributed by atoms with Gasteiger partial charge in [0.25, 0.3) is 0 Å². The van der Waals surface area contributed by atoms with Crippen molar-refractivity contribution in [2.24, 2.45) is 0 Å². The number of rotatable bonds is 2. The van der Waals surface area contributed by atoms with E-state index >= 15 is 0 Å². The van der Waals surface area contributed by atoms with Crippen LogP contribution in [0.5, 0.6) is 0 Å². The summed E-state index contributed by atoms with van der Waals surface area (Å²) in [4.78, 5) is 0. The standard InChI is InChI=1S/C16H13OTe.ClH/c1-12-7-9-13(10-8-12)15-11-16(18-17-15)14-5-3-2-4-6-14;/h2-11H,1H3;1H/q+1;/p-1. The Morgan fingerprint density at radius 2 is 1.53 bits per heavy atom. The predicted octanol–water partition coefficient (Wildman–Crippen LogP) is 1.26. The van der Waals surface area contributed by atoms with E-state index in [-0.39, 0.29) is 12.4 Å². The second-order valence-corrected chi connectivity index (χ2v) is 6.48. The fraction of sp³-hybridized carbons (Fsp3) is 0.0625. The minimum atomic E-state index is -0.536. The summed E-state index contributed by atoms with van der Waals surface area (Å²) < 4.78 is 7.27. The summed E-state index contributed by atoms with van der Waals surface area (Å²) in [5.41, 5.74) is 3.75. The monoisotopic (exact) mass is 386 g/mol. The largest absolute Gasteiger partial charge is 1.00 e. The Balaban J connectivity index is 0.00000133. The third-order valence-corrected chi connectivity index (χ3v) is 5.15. The van der Waals surface area contributed by atoms with Gasteiger partial charge in [-0.2, -0.15) is 0 Å². The molecule has 0 aliphatic rings. The van der Waals surface area contributed by atoms with Crippen LogP contribution in [0, 0.1) is 6.92 Å². The molecule has 0 saturated carbocycles. The summed E-state index contributed by atoms with van der Waals surface area (Å²) in [7, 11) is 0. The Hall–Kier alpha value is -1.07. The maximum atomic E-state index is 5.90. The summed E-state index contributed by atoms with van der Waals surface area (Å²) in [6, 6.07) is 21.2. The zero-order valence-corrected chi connectivity index (χ0v) is 13.6. The zero-order valence-electron chi connectivity index (χ0n) is 10.5. The van der Waals surface area contributed by atoms with E-state index in [0.717, 1.165) is 5.76 Å². The molecule has 0 fully saturated rings. The molecule has 0 radical (unpaired) electrons. The van der Waals surface area contributed by atoms with Crippen molar-refractivity contribution in [2.75, 3.05) is 0 Å². The smallest absolute Gasteiger partial charge is 1.00 e. The van der Waals surface area contributed by atoms with E-state index in [9.17, 15) is 0 Å². The van der Waals surface area contributed by atoms with Gasteiger partial charge in [-0.1, -0.05) is 0 Å². The van der Waals surface area contributed by atoms with E-state index in [2.05, 4.69) is 61.5 Å². The van der Waals surface area contributed by atoms with Gasteiger partial charge in [0.05, 0.1) is 0 Å². The second-order valence-electron chi connectivity index (χ2n) is 4.27. The van der Waals surface area contributed by atoms with Crippen LogP contribution in [0.1, 0.15) is 5.56 Å². The first-order valence-corrected chi connectivity index (χ1v) is 8.00. The van der Waals surface area contributed by atoms with E-state index < -0.39 is 20.9 Å². The molecule has 1 aromatic heterocycles. The van der Waals surface area contributed by atoms with E-state index in [1.165, 1.54) is 20.3 Å². The van der Waals surface area contributed by atoms with Crippen molar-refractivity contribution in [3.8, 4) is 20.5 Å². The van der Waals surface area contributed by atoms with Gasteiger partial charge in [-0.3, -0.25) is 0 Å². The van der Waals surface area contributed by atoms with E-state index in [0.29, 0.717) is 0 Å². The molecule has 0 bridgehead atoms. The molecule has 3 heteroatoms. The van der Waals surface area contributed by atoms with Gasteiger partial charge < -0.3 is 12.4 Å². The maximum Gasteiger partial charge on any atom is -1.00 e. The molecule has 3 aromatic rings. The average Bonchev–Trinajstić information content (AvgIpc) is 2.90. The first-order chi connectivity index (χ1) is 8.83. The van der Waals surface area contributed by atoms with Gasteiger partial charge in [-0.15, -0.1) is 0 Å². The molecule has 3 rings (SSSR count). The van der Waals surface area contributed by atoms with Gasteiger partial charge in [-0.25, -0.2) is 0 Å². The van der Waals surface area contributed by atoms with Crippen LogP contribution in [-0.2, 0) is 0 Å². The summed E-state index contributed by atoms with van der Waals surface area (Å²) >= 11 is -0.536. The molecule has 96 valence electrons. The normalized spacial score (nSPS) is 9.95. The molecule has 0 saturated heterocycles. The van der Waals surface area contributed by atoms with Gasteiger partial charge in [0, 0.05) is 0 Å². The molecule has 0 atom stereocenters. The van der Waals surface area contributed by atoms with Crippen LogP contribution in [0.25, 0.3) is 20.5 Å².